The van der Waals surface area contributed by atoms with Crippen molar-refractivity contribution in [3.05, 3.63) is 24.3 Å². The smallest absolute Gasteiger partial charge is 0.306 e. The van der Waals surface area contributed by atoms with Crippen LogP contribution in [0.15, 0.2) is 24.3 Å². The van der Waals surface area contributed by atoms with E-state index in [1.165, 1.54) is 38.5 Å². The van der Waals surface area contributed by atoms with Gasteiger partial charge in [-0.1, -0.05) is 109 Å². The molecule has 0 amide bonds. The van der Waals surface area contributed by atoms with Crippen molar-refractivity contribution in [2.45, 2.75) is 192 Å². The first-order valence-electron chi connectivity index (χ1n) is 23.2. The van der Waals surface area contributed by atoms with Gasteiger partial charge in [-0.25, -0.2) is 0 Å². The number of esters is 2. The fourth-order valence-corrected chi connectivity index (χ4v) is 7.90. The second-order valence-electron chi connectivity index (χ2n) is 17.7. The number of hydrogen-bond donors (Lipinski definition) is 3. The van der Waals surface area contributed by atoms with Crippen LogP contribution in [-0.4, -0.2) is 109 Å². The molecule has 1 aliphatic rings. The van der Waals surface area contributed by atoms with Gasteiger partial charge in [0.2, 0.25) is 0 Å². The molecule has 1 aliphatic carbocycles. The highest BCUT2D eigenvalue weighted by Gasteiger charge is 2.41. The molecule has 0 bridgehead atoms. The second kappa shape index (κ2) is 33.6. The fourth-order valence-electron chi connectivity index (χ4n) is 7.17. The molecule has 7 atom stereocenters. The first kappa shape index (κ1) is 56.1. The Morgan fingerprint density at radius 2 is 1.32 bits per heavy atom. The molecule has 14 heteroatoms. The van der Waals surface area contributed by atoms with Gasteiger partial charge in [-0.15, -0.1) is 0 Å². The molecule has 0 aliphatic heterocycles. The van der Waals surface area contributed by atoms with E-state index in [-0.39, 0.29) is 51.1 Å². The van der Waals surface area contributed by atoms with Crippen LogP contribution in [0.3, 0.4) is 0 Å². The number of aliphatic hydroxyl groups is 3. The molecule has 0 radical (unpaired) electrons. The molecule has 1 rings (SSSR count). The SMILES string of the molecule is CCCCCCCC/C=C\CCCCCCCC(=O)OC[C@H](COP(=O)([O-])OCC[N+](C)(C)C)OC(=O)CCCCC(=O)C[C@@H]1[C@@H](/C=C/[C@@H](O)CCCCC)[C@H](O)C[C@@H]1O. The molecule has 0 aromatic heterocycles. The minimum absolute atomic E-state index is 0.0618. The molecular weight excluding hydrogens is 789 g/mol. The van der Waals surface area contributed by atoms with E-state index in [0.717, 1.165) is 57.8 Å². The van der Waals surface area contributed by atoms with Gasteiger partial charge in [0.05, 0.1) is 46.1 Å². The summed E-state index contributed by atoms with van der Waals surface area (Å²) in [5, 5.41) is 31.4. The lowest BCUT2D eigenvalue weighted by Gasteiger charge is -2.28. The van der Waals surface area contributed by atoms with Crippen molar-refractivity contribution in [1.82, 2.24) is 0 Å². The maximum absolute atomic E-state index is 12.9. The lowest BCUT2D eigenvalue weighted by Crippen LogP contribution is -2.37. The number of quaternary nitrogens is 1. The summed E-state index contributed by atoms with van der Waals surface area (Å²) in [7, 11) is 0.934. The summed E-state index contributed by atoms with van der Waals surface area (Å²) in [6.07, 6.45) is 24.0. The first-order chi connectivity index (χ1) is 28.6. The largest absolute Gasteiger partial charge is 0.756 e. The second-order valence-corrected chi connectivity index (χ2v) is 19.1. The zero-order chi connectivity index (χ0) is 44.7. The summed E-state index contributed by atoms with van der Waals surface area (Å²) in [6.45, 7) is 3.67. The Bertz CT molecular complexity index is 1250. The fraction of sp³-hybridized carbons (Fsp3) is 0.848. The third-order valence-electron chi connectivity index (χ3n) is 10.9. The highest BCUT2D eigenvalue weighted by Crippen LogP contribution is 2.39. The van der Waals surface area contributed by atoms with Crippen LogP contribution in [0, 0.1) is 11.8 Å². The normalized spacial score (nSPS) is 20.4. The molecule has 3 N–H and O–H groups in total. The number of ketones is 1. The van der Waals surface area contributed by atoms with Crippen LogP contribution < -0.4 is 4.89 Å². The number of phosphoric acid groups is 1. The zero-order valence-corrected chi connectivity index (χ0v) is 38.9. The monoisotopic (exact) mass is 874 g/mol. The number of likely N-dealkylation sites (N-methyl/N-ethyl adjacent to an activating group) is 1. The third-order valence-corrected chi connectivity index (χ3v) is 11.9. The van der Waals surface area contributed by atoms with Crippen LogP contribution in [0.1, 0.15) is 168 Å². The molecule has 1 fully saturated rings. The van der Waals surface area contributed by atoms with Gasteiger partial charge in [0.25, 0.3) is 7.82 Å². The molecule has 0 saturated heterocycles. The molecule has 0 aromatic carbocycles. The highest BCUT2D eigenvalue weighted by molar-refractivity contribution is 7.45. The molecule has 0 aromatic rings. The number of aliphatic hydroxyl groups excluding tert-OH is 3. The first-order valence-corrected chi connectivity index (χ1v) is 24.7. The van der Waals surface area contributed by atoms with E-state index in [1.807, 2.05) is 21.1 Å². The number of carbonyl (C=O) groups excluding carboxylic acids is 3. The number of carbonyl (C=O) groups is 3. The lowest BCUT2D eigenvalue weighted by molar-refractivity contribution is -0.870. The van der Waals surface area contributed by atoms with Crippen LogP contribution >= 0.6 is 7.82 Å². The summed E-state index contributed by atoms with van der Waals surface area (Å²) < 4.78 is 33.8. The Hall–Kier alpha value is -1.96. The quantitative estimate of drug-likeness (QED) is 0.0178. The maximum Gasteiger partial charge on any atom is 0.306 e. The van der Waals surface area contributed by atoms with Gasteiger partial charge < -0.3 is 43.2 Å². The molecule has 1 unspecified atom stereocenters. The Labute approximate surface area is 362 Å². The van der Waals surface area contributed by atoms with E-state index in [0.29, 0.717) is 36.7 Å². The van der Waals surface area contributed by atoms with Gasteiger partial charge in [-0.05, 0) is 51.4 Å². The number of phosphoric ester groups is 1. The third kappa shape index (κ3) is 30.1. The lowest BCUT2D eigenvalue weighted by atomic mass is 9.87. The summed E-state index contributed by atoms with van der Waals surface area (Å²) in [4.78, 5) is 50.7. The van der Waals surface area contributed by atoms with Crippen LogP contribution in [0.2, 0.25) is 0 Å². The van der Waals surface area contributed by atoms with Gasteiger partial charge in [0, 0.05) is 43.9 Å². The van der Waals surface area contributed by atoms with E-state index in [1.54, 1.807) is 12.2 Å². The number of hydrogen-bond acceptors (Lipinski definition) is 12. The molecular formula is C46H84NO12P. The number of unbranched alkanes of at least 4 members (excludes halogenated alkanes) is 14. The van der Waals surface area contributed by atoms with Crippen molar-refractivity contribution in [2.75, 3.05) is 47.5 Å². The molecule has 0 heterocycles. The Kier molecular flexibility index (Phi) is 31.4. The van der Waals surface area contributed by atoms with Gasteiger partial charge in [0.15, 0.2) is 6.10 Å². The van der Waals surface area contributed by atoms with Gasteiger partial charge >= 0.3 is 11.9 Å². The number of allylic oxidation sites excluding steroid dienone is 2. The minimum atomic E-state index is -4.73. The Balaban J connectivity index is 2.52. The topological polar surface area (TPSA) is 189 Å². The summed E-state index contributed by atoms with van der Waals surface area (Å²) >= 11 is 0. The minimum Gasteiger partial charge on any atom is -0.756 e. The van der Waals surface area contributed by atoms with Crippen molar-refractivity contribution in [3.8, 4) is 0 Å². The van der Waals surface area contributed by atoms with Crippen LogP contribution in [0.4, 0.5) is 0 Å². The predicted molar refractivity (Wildman–Crippen MR) is 234 cm³/mol. The summed E-state index contributed by atoms with van der Waals surface area (Å²) in [5.41, 5.74) is 0. The predicted octanol–water partition coefficient (Wildman–Crippen LogP) is 8.06. The zero-order valence-electron chi connectivity index (χ0n) is 38.0. The maximum atomic E-state index is 12.9. The number of ether oxygens (including phenoxy) is 2. The van der Waals surface area contributed by atoms with Crippen molar-refractivity contribution in [1.29, 1.82) is 0 Å². The van der Waals surface area contributed by atoms with Gasteiger partial charge in [0.1, 0.15) is 25.5 Å². The Morgan fingerprint density at radius 3 is 1.97 bits per heavy atom. The number of Topliss-reactive ketones (excluding diaryl/α,β-unsaturated/α-hetero) is 1. The van der Waals surface area contributed by atoms with Crippen LogP contribution in [0.25, 0.3) is 0 Å². The molecule has 0 spiro atoms. The molecule has 1 saturated carbocycles. The van der Waals surface area contributed by atoms with Crippen molar-refractivity contribution in [2.24, 2.45) is 11.8 Å². The van der Waals surface area contributed by atoms with Crippen molar-refractivity contribution >= 4 is 25.5 Å². The number of nitrogens with zero attached hydrogens (tertiary/aromatic N) is 1. The summed E-state index contributed by atoms with van der Waals surface area (Å²) in [6, 6.07) is 0. The van der Waals surface area contributed by atoms with E-state index in [9.17, 15) is 39.2 Å². The van der Waals surface area contributed by atoms with E-state index in [4.69, 9.17) is 18.5 Å². The van der Waals surface area contributed by atoms with Gasteiger partial charge in [-0.2, -0.15) is 0 Å². The number of rotatable bonds is 38. The average Bonchev–Trinajstić information content (AvgIpc) is 3.44. The van der Waals surface area contributed by atoms with Crippen LogP contribution in [-0.2, 0) is 37.5 Å². The van der Waals surface area contributed by atoms with Crippen molar-refractivity contribution in [3.63, 3.8) is 0 Å². The standard InChI is InChI=1S/C46H84NO12P/c1-6-8-10-11-12-13-14-15-16-17-18-19-20-21-23-28-45(52)56-36-40(37-58-60(54,55)57-33-32-47(3,4)5)59-46(53)29-25-24-27-39(49)34-42-41(43(50)35-44(42)51)31-30-38(48)26-22-9-7-2/h15-16,30-31,38,40-44,48,50-51H,6-14,17-29,32-37H2,1-5H3/b16-15-,31-30+/t38-,40+,41+,42+,43+,44-/m0/s1. The summed E-state index contributed by atoms with van der Waals surface area (Å²) in [5.74, 6) is -2.15. The Morgan fingerprint density at radius 1 is 0.750 bits per heavy atom. The van der Waals surface area contributed by atoms with E-state index >= 15 is 0 Å². The molecule has 60 heavy (non-hydrogen) atoms. The van der Waals surface area contributed by atoms with E-state index in [2.05, 4.69) is 26.0 Å². The van der Waals surface area contributed by atoms with Crippen LogP contribution in [0.5, 0.6) is 0 Å². The van der Waals surface area contributed by atoms with Gasteiger partial charge in [-0.3, -0.25) is 18.9 Å². The van der Waals surface area contributed by atoms with E-state index < -0.39 is 62.6 Å². The molecule has 13 nitrogen and oxygen atoms in total. The average molecular weight is 874 g/mol. The highest BCUT2D eigenvalue weighted by atomic mass is 31.2. The molecule has 350 valence electrons. The van der Waals surface area contributed by atoms with Crippen molar-refractivity contribution < 1.29 is 62.2 Å².